The SMILES string of the molecule is Cc1ccc(Cn2nnc(C)c2C(=O)O)cc1. The Balaban J connectivity index is 2.30. The lowest BCUT2D eigenvalue weighted by Crippen LogP contribution is -2.11. The highest BCUT2D eigenvalue weighted by Gasteiger charge is 2.16. The van der Waals surface area contributed by atoms with Crippen LogP contribution in [0.1, 0.15) is 27.3 Å². The van der Waals surface area contributed by atoms with Crippen LogP contribution in [0.4, 0.5) is 0 Å². The molecule has 0 saturated heterocycles. The van der Waals surface area contributed by atoms with Crippen molar-refractivity contribution in [2.75, 3.05) is 0 Å². The molecule has 1 N–H and O–H groups in total. The highest BCUT2D eigenvalue weighted by atomic mass is 16.4. The second-order valence-electron chi connectivity index (χ2n) is 3.97. The Morgan fingerprint density at radius 1 is 1.29 bits per heavy atom. The van der Waals surface area contributed by atoms with E-state index in [0.717, 1.165) is 5.56 Å². The summed E-state index contributed by atoms with van der Waals surface area (Å²) in [4.78, 5) is 11.0. The number of aromatic nitrogens is 3. The van der Waals surface area contributed by atoms with E-state index in [0.29, 0.717) is 12.2 Å². The van der Waals surface area contributed by atoms with Crippen molar-refractivity contribution in [1.29, 1.82) is 0 Å². The van der Waals surface area contributed by atoms with E-state index in [1.807, 2.05) is 31.2 Å². The van der Waals surface area contributed by atoms with Gasteiger partial charge in [-0.15, -0.1) is 5.10 Å². The van der Waals surface area contributed by atoms with Crippen LogP contribution in [0.5, 0.6) is 0 Å². The van der Waals surface area contributed by atoms with Crippen molar-refractivity contribution in [2.45, 2.75) is 20.4 Å². The zero-order chi connectivity index (χ0) is 12.4. The van der Waals surface area contributed by atoms with Crippen molar-refractivity contribution in [3.63, 3.8) is 0 Å². The quantitative estimate of drug-likeness (QED) is 0.871. The van der Waals surface area contributed by atoms with Crippen molar-refractivity contribution < 1.29 is 9.90 Å². The minimum atomic E-state index is -1.00. The van der Waals surface area contributed by atoms with E-state index in [4.69, 9.17) is 5.11 Å². The molecular weight excluding hydrogens is 218 g/mol. The van der Waals surface area contributed by atoms with Gasteiger partial charge >= 0.3 is 5.97 Å². The molecule has 1 aromatic heterocycles. The van der Waals surface area contributed by atoms with Gasteiger partial charge in [-0.2, -0.15) is 0 Å². The zero-order valence-corrected chi connectivity index (χ0v) is 9.71. The molecule has 0 unspecified atom stereocenters. The largest absolute Gasteiger partial charge is 0.476 e. The van der Waals surface area contributed by atoms with Crippen LogP contribution >= 0.6 is 0 Å². The smallest absolute Gasteiger partial charge is 0.356 e. The van der Waals surface area contributed by atoms with Crippen LogP contribution in [0, 0.1) is 13.8 Å². The highest BCUT2D eigenvalue weighted by molar-refractivity contribution is 5.86. The van der Waals surface area contributed by atoms with Crippen LogP contribution in [0.3, 0.4) is 0 Å². The van der Waals surface area contributed by atoms with Gasteiger partial charge in [0.15, 0.2) is 5.69 Å². The molecule has 2 aromatic rings. The fourth-order valence-corrected chi connectivity index (χ4v) is 1.64. The predicted molar refractivity (Wildman–Crippen MR) is 62.0 cm³/mol. The minimum Gasteiger partial charge on any atom is -0.476 e. The Hall–Kier alpha value is -2.17. The molecule has 1 heterocycles. The Kier molecular flexibility index (Phi) is 2.91. The number of benzene rings is 1. The number of aromatic carboxylic acids is 1. The van der Waals surface area contributed by atoms with Crippen LogP contribution in [0.25, 0.3) is 0 Å². The predicted octanol–water partition coefficient (Wildman–Crippen LogP) is 1.64. The third-order valence-electron chi connectivity index (χ3n) is 2.56. The zero-order valence-electron chi connectivity index (χ0n) is 9.71. The molecule has 88 valence electrons. The number of hydrogen-bond acceptors (Lipinski definition) is 3. The van der Waals surface area contributed by atoms with Gasteiger partial charge in [0.05, 0.1) is 12.2 Å². The number of hydrogen-bond donors (Lipinski definition) is 1. The Bertz CT molecular complexity index is 543. The monoisotopic (exact) mass is 231 g/mol. The molecule has 0 spiro atoms. The van der Waals surface area contributed by atoms with E-state index in [-0.39, 0.29) is 5.69 Å². The number of aryl methyl sites for hydroxylation is 2. The van der Waals surface area contributed by atoms with Gasteiger partial charge in [0.2, 0.25) is 0 Å². The number of carboxylic acids is 1. The summed E-state index contributed by atoms with van der Waals surface area (Å²) in [6.45, 7) is 4.07. The maximum absolute atomic E-state index is 11.0. The Morgan fingerprint density at radius 2 is 1.94 bits per heavy atom. The summed E-state index contributed by atoms with van der Waals surface area (Å²) >= 11 is 0. The van der Waals surface area contributed by atoms with Gasteiger partial charge < -0.3 is 5.11 Å². The van der Waals surface area contributed by atoms with Crippen molar-refractivity contribution in [3.8, 4) is 0 Å². The molecule has 0 radical (unpaired) electrons. The van der Waals surface area contributed by atoms with Crippen LogP contribution < -0.4 is 0 Å². The molecule has 0 bridgehead atoms. The molecule has 0 atom stereocenters. The summed E-state index contributed by atoms with van der Waals surface area (Å²) in [6, 6.07) is 7.88. The summed E-state index contributed by atoms with van der Waals surface area (Å²) in [5.41, 5.74) is 2.75. The van der Waals surface area contributed by atoms with E-state index < -0.39 is 5.97 Å². The fraction of sp³-hybridized carbons (Fsp3) is 0.250. The maximum atomic E-state index is 11.0. The molecule has 5 nitrogen and oxygen atoms in total. The van der Waals surface area contributed by atoms with Crippen molar-refractivity contribution in [1.82, 2.24) is 15.0 Å². The molecule has 2 rings (SSSR count). The molecule has 5 heteroatoms. The summed E-state index contributed by atoms with van der Waals surface area (Å²) in [5, 5.41) is 16.7. The summed E-state index contributed by atoms with van der Waals surface area (Å²) in [5.74, 6) is -1.00. The summed E-state index contributed by atoms with van der Waals surface area (Å²) in [7, 11) is 0. The number of nitrogens with zero attached hydrogens (tertiary/aromatic N) is 3. The van der Waals surface area contributed by atoms with E-state index in [9.17, 15) is 4.79 Å². The molecule has 0 saturated carbocycles. The van der Waals surface area contributed by atoms with Gasteiger partial charge in [-0.1, -0.05) is 35.0 Å². The minimum absolute atomic E-state index is 0.144. The van der Waals surface area contributed by atoms with Crippen LogP contribution in [-0.4, -0.2) is 26.1 Å². The van der Waals surface area contributed by atoms with E-state index >= 15 is 0 Å². The van der Waals surface area contributed by atoms with E-state index in [2.05, 4.69) is 10.3 Å². The first-order chi connectivity index (χ1) is 8.08. The second-order valence-corrected chi connectivity index (χ2v) is 3.97. The van der Waals surface area contributed by atoms with Crippen LogP contribution in [0.15, 0.2) is 24.3 Å². The lowest BCUT2D eigenvalue weighted by molar-refractivity contribution is 0.0683. The van der Waals surface area contributed by atoms with Crippen LogP contribution in [-0.2, 0) is 6.54 Å². The van der Waals surface area contributed by atoms with Gasteiger partial charge in [0.1, 0.15) is 0 Å². The Morgan fingerprint density at radius 3 is 2.53 bits per heavy atom. The number of carbonyl (C=O) groups is 1. The normalized spacial score (nSPS) is 10.5. The maximum Gasteiger partial charge on any atom is 0.356 e. The molecule has 0 aliphatic heterocycles. The van der Waals surface area contributed by atoms with Crippen molar-refractivity contribution in [3.05, 3.63) is 46.8 Å². The van der Waals surface area contributed by atoms with Gasteiger partial charge in [0.25, 0.3) is 0 Å². The van der Waals surface area contributed by atoms with Crippen molar-refractivity contribution in [2.24, 2.45) is 0 Å². The second kappa shape index (κ2) is 4.37. The Labute approximate surface area is 98.7 Å². The third kappa shape index (κ3) is 2.33. The molecule has 17 heavy (non-hydrogen) atoms. The first-order valence-electron chi connectivity index (χ1n) is 5.27. The molecule has 0 aliphatic rings. The lowest BCUT2D eigenvalue weighted by Gasteiger charge is -2.04. The summed E-state index contributed by atoms with van der Waals surface area (Å²) in [6.07, 6.45) is 0. The van der Waals surface area contributed by atoms with E-state index in [1.165, 1.54) is 10.2 Å². The number of rotatable bonds is 3. The first-order valence-corrected chi connectivity index (χ1v) is 5.27. The summed E-state index contributed by atoms with van der Waals surface area (Å²) < 4.78 is 1.41. The standard InChI is InChI=1S/C12H13N3O2/c1-8-3-5-10(6-4-8)7-15-11(12(16)17)9(2)13-14-15/h3-6H,7H2,1-2H3,(H,16,17). The van der Waals surface area contributed by atoms with Crippen molar-refractivity contribution >= 4 is 5.97 Å². The van der Waals surface area contributed by atoms with E-state index in [1.54, 1.807) is 6.92 Å². The average molecular weight is 231 g/mol. The van der Waals surface area contributed by atoms with Gasteiger partial charge in [0, 0.05) is 0 Å². The van der Waals surface area contributed by atoms with Crippen LogP contribution in [0.2, 0.25) is 0 Å². The number of carboxylic acid groups (broad SMARTS) is 1. The topological polar surface area (TPSA) is 68.0 Å². The lowest BCUT2D eigenvalue weighted by atomic mass is 10.1. The van der Waals surface area contributed by atoms with Gasteiger partial charge in [-0.25, -0.2) is 9.48 Å². The molecular formula is C12H13N3O2. The average Bonchev–Trinajstić information content (AvgIpc) is 2.63. The fourth-order valence-electron chi connectivity index (χ4n) is 1.64. The first kappa shape index (κ1) is 11.3. The molecule has 0 fully saturated rings. The van der Waals surface area contributed by atoms with Gasteiger partial charge in [-0.05, 0) is 19.4 Å². The highest BCUT2D eigenvalue weighted by Crippen LogP contribution is 2.09. The molecule has 0 amide bonds. The molecule has 0 aliphatic carbocycles. The third-order valence-corrected chi connectivity index (χ3v) is 2.56. The molecule has 1 aromatic carbocycles. The van der Waals surface area contributed by atoms with Gasteiger partial charge in [-0.3, -0.25) is 0 Å².